The SMILES string of the molecule is C=C1CCCC(C)(C)C1CCC=O. The first-order valence-electron chi connectivity index (χ1n) is 5.19. The van der Waals surface area contributed by atoms with Gasteiger partial charge in [-0.25, -0.2) is 0 Å². The molecule has 0 aromatic heterocycles. The van der Waals surface area contributed by atoms with Crippen molar-refractivity contribution in [1.29, 1.82) is 0 Å². The van der Waals surface area contributed by atoms with Crippen molar-refractivity contribution in [1.82, 2.24) is 0 Å². The predicted molar refractivity (Wildman–Crippen MR) is 55.6 cm³/mol. The van der Waals surface area contributed by atoms with Crippen molar-refractivity contribution in [2.45, 2.75) is 46.0 Å². The van der Waals surface area contributed by atoms with Gasteiger partial charge in [0.2, 0.25) is 0 Å². The topological polar surface area (TPSA) is 17.1 Å². The van der Waals surface area contributed by atoms with Gasteiger partial charge >= 0.3 is 0 Å². The lowest BCUT2D eigenvalue weighted by atomic mass is 9.65. The lowest BCUT2D eigenvalue weighted by molar-refractivity contribution is -0.108. The zero-order valence-electron chi connectivity index (χ0n) is 8.81. The molecule has 1 rings (SSSR count). The van der Waals surface area contributed by atoms with Crippen LogP contribution in [0.25, 0.3) is 0 Å². The van der Waals surface area contributed by atoms with Crippen LogP contribution in [0.5, 0.6) is 0 Å². The van der Waals surface area contributed by atoms with E-state index < -0.39 is 0 Å². The first-order valence-corrected chi connectivity index (χ1v) is 5.19. The fraction of sp³-hybridized carbons (Fsp3) is 0.750. The molecule has 0 heterocycles. The molecule has 0 radical (unpaired) electrons. The van der Waals surface area contributed by atoms with E-state index in [0.29, 0.717) is 17.8 Å². The third-order valence-electron chi connectivity index (χ3n) is 3.33. The Balaban J connectivity index is 2.63. The molecule has 0 N–H and O–H groups in total. The molecule has 0 aromatic carbocycles. The van der Waals surface area contributed by atoms with Gasteiger partial charge in [-0.2, -0.15) is 0 Å². The molecular weight excluding hydrogens is 160 g/mol. The summed E-state index contributed by atoms with van der Waals surface area (Å²) in [5.74, 6) is 0.562. The minimum atomic E-state index is 0.359. The Morgan fingerprint density at radius 2 is 2.31 bits per heavy atom. The van der Waals surface area contributed by atoms with E-state index >= 15 is 0 Å². The predicted octanol–water partition coefficient (Wildman–Crippen LogP) is 3.35. The summed E-state index contributed by atoms with van der Waals surface area (Å²) < 4.78 is 0. The molecule has 13 heavy (non-hydrogen) atoms. The van der Waals surface area contributed by atoms with Gasteiger partial charge in [-0.1, -0.05) is 26.0 Å². The molecule has 0 amide bonds. The van der Waals surface area contributed by atoms with Crippen LogP contribution in [-0.4, -0.2) is 6.29 Å². The fourth-order valence-corrected chi connectivity index (χ4v) is 2.50. The zero-order chi connectivity index (χ0) is 9.90. The van der Waals surface area contributed by atoms with E-state index in [-0.39, 0.29) is 0 Å². The van der Waals surface area contributed by atoms with Gasteiger partial charge in [-0.3, -0.25) is 0 Å². The quantitative estimate of drug-likeness (QED) is 0.481. The number of carbonyl (C=O) groups is 1. The van der Waals surface area contributed by atoms with Crippen LogP contribution in [0.3, 0.4) is 0 Å². The van der Waals surface area contributed by atoms with Crippen molar-refractivity contribution >= 4 is 6.29 Å². The Bertz CT molecular complexity index is 203. The van der Waals surface area contributed by atoms with Crippen molar-refractivity contribution in [3.8, 4) is 0 Å². The molecule has 1 heteroatoms. The van der Waals surface area contributed by atoms with E-state index in [1.165, 1.54) is 18.4 Å². The summed E-state index contributed by atoms with van der Waals surface area (Å²) in [7, 11) is 0. The van der Waals surface area contributed by atoms with E-state index in [9.17, 15) is 4.79 Å². The molecule has 1 unspecified atom stereocenters. The highest BCUT2D eigenvalue weighted by Crippen LogP contribution is 2.44. The maximum atomic E-state index is 10.3. The summed E-state index contributed by atoms with van der Waals surface area (Å²) in [6.45, 7) is 8.73. The highest BCUT2D eigenvalue weighted by Gasteiger charge is 2.33. The molecule has 0 spiro atoms. The van der Waals surface area contributed by atoms with Gasteiger partial charge in [-0.15, -0.1) is 0 Å². The number of carbonyl (C=O) groups excluding carboxylic acids is 1. The van der Waals surface area contributed by atoms with Gasteiger partial charge in [-0.05, 0) is 37.0 Å². The van der Waals surface area contributed by atoms with Gasteiger partial charge in [0.25, 0.3) is 0 Å². The maximum Gasteiger partial charge on any atom is 0.120 e. The van der Waals surface area contributed by atoms with Gasteiger partial charge in [0.05, 0.1) is 0 Å². The first-order chi connectivity index (χ1) is 6.08. The van der Waals surface area contributed by atoms with Crippen molar-refractivity contribution < 1.29 is 4.79 Å². The summed E-state index contributed by atoms with van der Waals surface area (Å²) in [4.78, 5) is 10.3. The molecule has 1 saturated carbocycles. The Labute approximate surface area is 81.2 Å². The summed E-state index contributed by atoms with van der Waals surface area (Å²) in [6.07, 6.45) is 6.41. The summed E-state index contributed by atoms with van der Waals surface area (Å²) in [5, 5.41) is 0. The Morgan fingerprint density at radius 3 is 2.85 bits per heavy atom. The van der Waals surface area contributed by atoms with Crippen molar-refractivity contribution in [2.75, 3.05) is 0 Å². The van der Waals surface area contributed by atoms with E-state index in [1.807, 2.05) is 0 Å². The van der Waals surface area contributed by atoms with Crippen molar-refractivity contribution in [2.24, 2.45) is 11.3 Å². The molecule has 1 aliphatic rings. The van der Waals surface area contributed by atoms with Crippen LogP contribution in [0.15, 0.2) is 12.2 Å². The molecule has 0 aromatic rings. The molecular formula is C12H20O. The average molecular weight is 180 g/mol. The molecule has 0 saturated heterocycles. The molecule has 1 nitrogen and oxygen atoms in total. The number of hydrogen-bond acceptors (Lipinski definition) is 1. The molecule has 1 atom stereocenters. The second kappa shape index (κ2) is 4.08. The minimum absolute atomic E-state index is 0.359. The van der Waals surface area contributed by atoms with Gasteiger partial charge in [0, 0.05) is 6.42 Å². The van der Waals surface area contributed by atoms with Crippen LogP contribution in [-0.2, 0) is 4.79 Å². The summed E-state index contributed by atoms with van der Waals surface area (Å²) in [5.41, 5.74) is 1.72. The van der Waals surface area contributed by atoms with Gasteiger partial charge in [0.1, 0.15) is 6.29 Å². The first kappa shape index (κ1) is 10.5. The largest absolute Gasteiger partial charge is 0.303 e. The van der Waals surface area contributed by atoms with Gasteiger partial charge in [0.15, 0.2) is 0 Å². The monoisotopic (exact) mass is 180 g/mol. The number of rotatable bonds is 3. The Morgan fingerprint density at radius 1 is 1.62 bits per heavy atom. The van der Waals surface area contributed by atoms with Crippen molar-refractivity contribution in [3.63, 3.8) is 0 Å². The van der Waals surface area contributed by atoms with Crippen LogP contribution < -0.4 is 0 Å². The minimum Gasteiger partial charge on any atom is -0.303 e. The normalized spacial score (nSPS) is 27.2. The fourth-order valence-electron chi connectivity index (χ4n) is 2.50. The summed E-state index contributed by atoms with van der Waals surface area (Å²) in [6, 6.07) is 0. The highest BCUT2D eigenvalue weighted by molar-refractivity contribution is 5.49. The molecule has 1 aliphatic carbocycles. The smallest absolute Gasteiger partial charge is 0.120 e. The zero-order valence-corrected chi connectivity index (χ0v) is 8.81. The number of allylic oxidation sites excluding steroid dienone is 1. The second-order valence-electron chi connectivity index (χ2n) is 4.80. The van der Waals surface area contributed by atoms with Crippen LogP contribution in [0.1, 0.15) is 46.0 Å². The highest BCUT2D eigenvalue weighted by atomic mass is 16.1. The number of hydrogen-bond donors (Lipinski definition) is 0. The van der Waals surface area contributed by atoms with E-state index in [2.05, 4.69) is 20.4 Å². The van der Waals surface area contributed by atoms with E-state index in [0.717, 1.165) is 19.1 Å². The van der Waals surface area contributed by atoms with Crippen molar-refractivity contribution in [3.05, 3.63) is 12.2 Å². The standard InChI is InChI=1S/C12H20O/c1-10-6-4-8-12(2,3)11(10)7-5-9-13/h9,11H,1,4-8H2,2-3H3. The Hall–Kier alpha value is -0.590. The summed E-state index contributed by atoms with van der Waals surface area (Å²) >= 11 is 0. The third-order valence-corrected chi connectivity index (χ3v) is 3.33. The molecule has 1 fully saturated rings. The third kappa shape index (κ3) is 2.43. The lowest BCUT2D eigenvalue weighted by Gasteiger charge is -2.40. The van der Waals surface area contributed by atoms with Crippen LogP contribution in [0, 0.1) is 11.3 Å². The van der Waals surface area contributed by atoms with E-state index in [4.69, 9.17) is 0 Å². The molecule has 0 bridgehead atoms. The molecule has 0 aliphatic heterocycles. The van der Waals surface area contributed by atoms with E-state index in [1.54, 1.807) is 0 Å². The second-order valence-corrected chi connectivity index (χ2v) is 4.80. The van der Waals surface area contributed by atoms with Gasteiger partial charge < -0.3 is 4.79 Å². The maximum absolute atomic E-state index is 10.3. The average Bonchev–Trinajstić information content (AvgIpc) is 2.02. The lowest BCUT2D eigenvalue weighted by Crippen LogP contribution is -2.29. The van der Waals surface area contributed by atoms with Crippen LogP contribution in [0.2, 0.25) is 0 Å². The molecule has 74 valence electrons. The van der Waals surface area contributed by atoms with Crippen LogP contribution >= 0.6 is 0 Å². The number of aldehydes is 1. The van der Waals surface area contributed by atoms with Crippen LogP contribution in [0.4, 0.5) is 0 Å². The Kier molecular flexibility index (Phi) is 3.29.